The Morgan fingerprint density at radius 1 is 1.28 bits per heavy atom. The molecule has 2 aromatic heterocycles. The Labute approximate surface area is 154 Å². The number of amides is 1. The minimum absolute atomic E-state index is 0. The monoisotopic (exact) mass is 409 g/mol. The number of nitrogens with one attached hydrogen (secondary N) is 1. The van der Waals surface area contributed by atoms with Gasteiger partial charge in [-0.3, -0.25) is 9.59 Å². The molecule has 0 aliphatic rings. The van der Waals surface area contributed by atoms with Crippen LogP contribution in [0.4, 0.5) is 0 Å². The number of aryl methyl sites for hydroxylation is 2. The third-order valence-electron chi connectivity index (χ3n) is 3.50. The number of carbonyl (C=O) groups excluding carboxylic acids is 1. The summed E-state index contributed by atoms with van der Waals surface area (Å²) in [7, 11) is 3.51. The molecule has 3 aromatic rings. The molecule has 0 spiro atoms. The lowest BCUT2D eigenvalue weighted by Gasteiger charge is -2.04. The van der Waals surface area contributed by atoms with Gasteiger partial charge >= 0.3 is 5.97 Å². The van der Waals surface area contributed by atoms with Crippen molar-refractivity contribution in [1.29, 1.82) is 0 Å². The van der Waals surface area contributed by atoms with E-state index in [-0.39, 0.29) is 29.2 Å². The predicted octanol–water partition coefficient (Wildman–Crippen LogP) is 1.40. The van der Waals surface area contributed by atoms with Gasteiger partial charge in [0.15, 0.2) is 5.69 Å². The first-order chi connectivity index (χ1) is 11.4. The lowest BCUT2D eigenvalue weighted by atomic mass is 10.1. The van der Waals surface area contributed by atoms with E-state index in [1.807, 2.05) is 42.8 Å². The molecule has 25 heavy (non-hydrogen) atoms. The minimum atomic E-state index is -0.822. The van der Waals surface area contributed by atoms with Gasteiger partial charge in [0.2, 0.25) is 0 Å². The van der Waals surface area contributed by atoms with Crippen molar-refractivity contribution in [1.82, 2.24) is 19.9 Å². The topological polar surface area (TPSA) is 123 Å². The number of pyridine rings is 1. The summed E-state index contributed by atoms with van der Waals surface area (Å²) in [6.07, 6.45) is 0. The van der Waals surface area contributed by atoms with Crippen molar-refractivity contribution in [3.05, 3.63) is 35.8 Å². The molecule has 3 rings (SSSR count). The first-order valence-corrected chi connectivity index (χ1v) is 7.24. The Hall–Kier alpha value is -2.52. The smallest absolute Gasteiger partial charge is 0.317 e. The first-order valence-electron chi connectivity index (χ1n) is 7.24. The number of para-hydroxylation sites is 1. The van der Waals surface area contributed by atoms with Gasteiger partial charge in [-0.15, -0.1) is 17.0 Å². The Bertz CT molecular complexity index is 923. The number of primary amides is 1. The molecule has 0 saturated heterocycles. The normalized spacial score (nSPS) is 10.0. The number of carbonyl (C=O) groups is 2. The third kappa shape index (κ3) is 4.31. The molecule has 9 heteroatoms. The van der Waals surface area contributed by atoms with Crippen LogP contribution in [0.15, 0.2) is 24.3 Å². The third-order valence-corrected chi connectivity index (χ3v) is 3.50. The van der Waals surface area contributed by atoms with Crippen molar-refractivity contribution in [2.45, 2.75) is 6.92 Å². The molecule has 1 aromatic carbocycles. The van der Waals surface area contributed by atoms with Crippen molar-refractivity contribution >= 4 is 50.8 Å². The molecule has 0 aliphatic carbocycles. The largest absolute Gasteiger partial charge is 0.480 e. The number of carboxylic acid groups (broad SMARTS) is 1. The van der Waals surface area contributed by atoms with Crippen LogP contribution in [0.3, 0.4) is 0 Å². The number of aliphatic carboxylic acids is 1. The summed E-state index contributed by atoms with van der Waals surface area (Å²) in [6.45, 7) is 1.93. The number of fused-ring (bicyclic) bond motifs is 3. The van der Waals surface area contributed by atoms with E-state index in [9.17, 15) is 9.59 Å². The molecule has 0 atom stereocenters. The summed E-state index contributed by atoms with van der Waals surface area (Å²) >= 11 is 0. The quantitative estimate of drug-likeness (QED) is 0.600. The zero-order chi connectivity index (χ0) is 17.9. The van der Waals surface area contributed by atoms with Gasteiger partial charge < -0.3 is 20.7 Å². The summed E-state index contributed by atoms with van der Waals surface area (Å²) in [6, 6.07) is 7.66. The van der Waals surface area contributed by atoms with E-state index in [0.717, 1.165) is 22.2 Å². The van der Waals surface area contributed by atoms with Crippen LogP contribution < -0.4 is 11.1 Å². The number of hydrogen-bond acceptors (Lipinski definition) is 5. The molecule has 134 valence electrons. The number of hydrogen-bond donors (Lipinski definition) is 3. The highest BCUT2D eigenvalue weighted by atomic mass is 79.9. The van der Waals surface area contributed by atoms with E-state index in [1.165, 1.54) is 0 Å². The molecule has 0 aliphatic heterocycles. The van der Waals surface area contributed by atoms with E-state index in [1.54, 1.807) is 7.05 Å². The first kappa shape index (κ1) is 20.5. The summed E-state index contributed by atoms with van der Waals surface area (Å²) in [5, 5.41) is 11.3. The molecule has 2 heterocycles. The molecule has 0 saturated carbocycles. The van der Waals surface area contributed by atoms with E-state index in [0.29, 0.717) is 5.52 Å². The van der Waals surface area contributed by atoms with Crippen LogP contribution in [0.1, 0.15) is 16.3 Å². The van der Waals surface area contributed by atoms with Crippen molar-refractivity contribution in [2.75, 3.05) is 13.6 Å². The minimum Gasteiger partial charge on any atom is -0.480 e. The summed E-state index contributed by atoms with van der Waals surface area (Å²) in [5.74, 6) is -0.549. The number of halogens is 1. The number of rotatable bonds is 3. The van der Waals surface area contributed by atoms with Crippen molar-refractivity contribution in [2.24, 2.45) is 12.8 Å². The lowest BCUT2D eigenvalue weighted by Crippen LogP contribution is -2.16. The Kier molecular flexibility index (Phi) is 7.01. The van der Waals surface area contributed by atoms with Gasteiger partial charge in [-0.1, -0.05) is 18.2 Å². The summed E-state index contributed by atoms with van der Waals surface area (Å²) in [5.41, 5.74) is 7.83. The number of nitrogens with zero attached hydrogens (tertiary/aromatic N) is 3. The number of likely N-dealkylation sites (N-methyl/N-ethyl adjacent to an activating group) is 1. The van der Waals surface area contributed by atoms with Gasteiger partial charge in [-0.25, -0.2) is 9.97 Å². The van der Waals surface area contributed by atoms with Crippen molar-refractivity contribution < 1.29 is 14.7 Å². The Balaban J connectivity index is 0.000000390. The van der Waals surface area contributed by atoms with Crippen LogP contribution in [0.25, 0.3) is 21.9 Å². The van der Waals surface area contributed by atoms with Gasteiger partial charge in [0.1, 0.15) is 11.3 Å². The fourth-order valence-electron chi connectivity index (χ4n) is 2.35. The maximum absolute atomic E-state index is 11.5. The SMILES string of the molecule is Br.CNCC(=O)O.Cc1nc2c(C(N)=O)nc3ccccc3c2n1C. The van der Waals surface area contributed by atoms with Crippen LogP contribution >= 0.6 is 17.0 Å². The molecular weight excluding hydrogens is 390 g/mol. The van der Waals surface area contributed by atoms with E-state index in [4.69, 9.17) is 10.8 Å². The molecular formula is C16H20BrN5O3. The van der Waals surface area contributed by atoms with Gasteiger partial charge in [0.25, 0.3) is 5.91 Å². The van der Waals surface area contributed by atoms with Gasteiger partial charge in [0.05, 0.1) is 17.6 Å². The van der Waals surface area contributed by atoms with Gasteiger partial charge in [-0.05, 0) is 20.0 Å². The maximum Gasteiger partial charge on any atom is 0.317 e. The molecule has 0 radical (unpaired) electrons. The van der Waals surface area contributed by atoms with Crippen LogP contribution in [0, 0.1) is 6.92 Å². The van der Waals surface area contributed by atoms with Gasteiger partial charge in [0, 0.05) is 12.4 Å². The highest BCUT2D eigenvalue weighted by Crippen LogP contribution is 2.26. The molecule has 0 unspecified atom stereocenters. The number of nitrogens with two attached hydrogens (primary N) is 1. The number of aromatic nitrogens is 3. The second-order valence-electron chi connectivity index (χ2n) is 5.18. The van der Waals surface area contributed by atoms with Gasteiger partial charge in [-0.2, -0.15) is 0 Å². The predicted molar refractivity (Wildman–Crippen MR) is 101 cm³/mol. The average Bonchev–Trinajstić information content (AvgIpc) is 2.82. The van der Waals surface area contributed by atoms with Crippen molar-refractivity contribution in [3.8, 4) is 0 Å². The van der Waals surface area contributed by atoms with Crippen LogP contribution in [0.2, 0.25) is 0 Å². The standard InChI is InChI=1S/C13H12N4O.C3H7NO2.BrH/c1-7-15-10-11(13(14)18)16-9-6-4-3-5-8(9)12(10)17(7)2;1-4-2-3(5)6;/h3-6H,1-2H3,(H2,14,18);4H,2H2,1H3,(H,5,6);1H. The number of benzene rings is 1. The summed E-state index contributed by atoms with van der Waals surface area (Å²) in [4.78, 5) is 29.7. The molecule has 1 amide bonds. The van der Waals surface area contributed by atoms with E-state index in [2.05, 4.69) is 15.3 Å². The molecule has 0 fully saturated rings. The number of imidazole rings is 1. The van der Waals surface area contributed by atoms with Crippen molar-refractivity contribution in [3.63, 3.8) is 0 Å². The Morgan fingerprint density at radius 3 is 2.44 bits per heavy atom. The van der Waals surface area contributed by atoms with Crippen LogP contribution in [-0.4, -0.2) is 45.1 Å². The van der Waals surface area contributed by atoms with Crippen LogP contribution in [0.5, 0.6) is 0 Å². The maximum atomic E-state index is 11.5. The fourth-order valence-corrected chi connectivity index (χ4v) is 2.35. The van der Waals surface area contributed by atoms with Crippen LogP contribution in [-0.2, 0) is 11.8 Å². The summed E-state index contributed by atoms with van der Waals surface area (Å²) < 4.78 is 1.95. The van der Waals surface area contributed by atoms with E-state index >= 15 is 0 Å². The zero-order valence-corrected chi connectivity index (χ0v) is 15.8. The molecule has 4 N–H and O–H groups in total. The lowest BCUT2D eigenvalue weighted by molar-refractivity contribution is -0.135. The highest BCUT2D eigenvalue weighted by Gasteiger charge is 2.17. The second-order valence-corrected chi connectivity index (χ2v) is 5.18. The molecule has 8 nitrogen and oxygen atoms in total. The second kappa shape index (κ2) is 8.54. The number of carboxylic acids is 1. The van der Waals surface area contributed by atoms with E-state index < -0.39 is 11.9 Å². The zero-order valence-electron chi connectivity index (χ0n) is 14.1. The molecule has 0 bridgehead atoms. The fraction of sp³-hybridized carbons (Fsp3) is 0.250. The Morgan fingerprint density at radius 2 is 1.92 bits per heavy atom. The average molecular weight is 410 g/mol. The highest BCUT2D eigenvalue weighted by molar-refractivity contribution is 8.93.